The fourth-order valence-corrected chi connectivity index (χ4v) is 2.39. The largest absolute Gasteiger partial charge is 0.496 e. The van der Waals surface area contributed by atoms with Crippen molar-refractivity contribution in [1.29, 1.82) is 0 Å². The molecule has 0 aliphatic heterocycles. The minimum absolute atomic E-state index is 0.183. The maximum Gasteiger partial charge on any atom is 0.271 e. The highest BCUT2D eigenvalue weighted by Crippen LogP contribution is 2.28. The van der Waals surface area contributed by atoms with Crippen LogP contribution in [0.1, 0.15) is 29.0 Å². The van der Waals surface area contributed by atoms with Gasteiger partial charge in [-0.25, -0.2) is 9.97 Å². The lowest BCUT2D eigenvalue weighted by Crippen LogP contribution is -2.27. The van der Waals surface area contributed by atoms with Gasteiger partial charge in [0.25, 0.3) is 5.91 Å². The van der Waals surface area contributed by atoms with Crippen LogP contribution in [0.5, 0.6) is 5.75 Å². The van der Waals surface area contributed by atoms with Crippen molar-refractivity contribution in [2.75, 3.05) is 7.11 Å². The molecule has 0 aliphatic rings. The number of carbonyl (C=O) groups excluding carboxylic acids is 1. The van der Waals surface area contributed by atoms with Gasteiger partial charge >= 0.3 is 0 Å². The molecule has 1 unspecified atom stereocenters. The second kappa shape index (κ2) is 6.87. The fraction of sp³-hybridized carbons (Fsp3) is 0.214. The molecule has 21 heavy (non-hydrogen) atoms. The Morgan fingerprint density at radius 3 is 2.71 bits per heavy atom. The van der Waals surface area contributed by atoms with Crippen LogP contribution in [-0.4, -0.2) is 23.0 Å². The number of benzene rings is 1. The number of carbonyl (C=O) groups is 1. The number of methoxy groups -OCH3 is 1. The number of rotatable bonds is 4. The van der Waals surface area contributed by atoms with Gasteiger partial charge in [0.05, 0.1) is 30.0 Å². The molecule has 0 bridgehead atoms. The van der Waals surface area contributed by atoms with E-state index in [2.05, 4.69) is 31.2 Å². The molecule has 1 aromatic carbocycles. The van der Waals surface area contributed by atoms with Crippen molar-refractivity contribution in [3.63, 3.8) is 0 Å². The number of hydrogen-bond donors (Lipinski definition) is 1. The number of amides is 1. The van der Waals surface area contributed by atoms with Crippen LogP contribution < -0.4 is 10.1 Å². The van der Waals surface area contributed by atoms with Gasteiger partial charge in [0.15, 0.2) is 0 Å². The van der Waals surface area contributed by atoms with Crippen LogP contribution in [0, 0.1) is 0 Å². The Kier molecular flexibility index (Phi) is 5.14. The van der Waals surface area contributed by atoms with Gasteiger partial charge in [0.1, 0.15) is 16.6 Å². The molecule has 5 nitrogen and oxygen atoms in total. The molecule has 0 fully saturated rings. The maximum absolute atomic E-state index is 12.1. The van der Waals surface area contributed by atoms with E-state index in [1.54, 1.807) is 7.11 Å². The minimum atomic E-state index is -0.307. The second-order valence-electron chi connectivity index (χ2n) is 4.31. The van der Waals surface area contributed by atoms with Crippen molar-refractivity contribution < 1.29 is 9.53 Å². The van der Waals surface area contributed by atoms with E-state index in [1.165, 1.54) is 12.4 Å². The zero-order valence-electron chi connectivity index (χ0n) is 11.4. The van der Waals surface area contributed by atoms with Gasteiger partial charge < -0.3 is 10.1 Å². The Balaban J connectivity index is 2.10. The summed E-state index contributed by atoms with van der Waals surface area (Å²) in [7, 11) is 1.60. The second-order valence-corrected chi connectivity index (χ2v) is 5.56. The van der Waals surface area contributed by atoms with Crippen molar-refractivity contribution in [2.45, 2.75) is 13.0 Å². The maximum atomic E-state index is 12.1. The number of halogens is 2. The van der Waals surface area contributed by atoms with E-state index in [9.17, 15) is 4.79 Å². The molecule has 7 heteroatoms. The molecule has 1 heterocycles. The first kappa shape index (κ1) is 15.7. The molecule has 1 N–H and O–H groups in total. The van der Waals surface area contributed by atoms with E-state index in [1.807, 2.05) is 25.1 Å². The third-order valence-corrected chi connectivity index (χ3v) is 3.69. The number of nitrogens with one attached hydrogen (secondary N) is 1. The van der Waals surface area contributed by atoms with Crippen molar-refractivity contribution in [2.24, 2.45) is 0 Å². The zero-order chi connectivity index (χ0) is 15.4. The summed E-state index contributed by atoms with van der Waals surface area (Å²) in [5.41, 5.74) is 1.16. The molecule has 0 aliphatic carbocycles. The lowest BCUT2D eigenvalue weighted by molar-refractivity contribution is 0.0934. The van der Waals surface area contributed by atoms with Crippen molar-refractivity contribution >= 4 is 33.4 Å². The Bertz CT molecular complexity index is 649. The topological polar surface area (TPSA) is 64.1 Å². The van der Waals surface area contributed by atoms with E-state index < -0.39 is 0 Å². The van der Waals surface area contributed by atoms with Crippen LogP contribution in [0.4, 0.5) is 0 Å². The number of hydrogen-bond acceptors (Lipinski definition) is 4. The third kappa shape index (κ3) is 3.92. The summed E-state index contributed by atoms with van der Waals surface area (Å²) in [6, 6.07) is 5.45. The molecule has 1 atom stereocenters. The summed E-state index contributed by atoms with van der Waals surface area (Å²) in [4.78, 5) is 19.8. The van der Waals surface area contributed by atoms with Crippen molar-refractivity contribution in [1.82, 2.24) is 15.3 Å². The highest BCUT2D eigenvalue weighted by molar-refractivity contribution is 9.10. The van der Waals surface area contributed by atoms with Crippen molar-refractivity contribution in [3.8, 4) is 5.75 Å². The first-order valence-corrected chi connectivity index (χ1v) is 7.30. The summed E-state index contributed by atoms with van der Waals surface area (Å²) >= 11 is 9.06. The standard InChI is InChI=1S/C14H13BrClN3O2/c1-8(9-3-4-12(21-2)10(15)5-9)19-14(20)11-6-18-13(16)7-17-11/h3-8H,1-2H3,(H,19,20). The summed E-state index contributed by atoms with van der Waals surface area (Å²) in [5.74, 6) is 0.430. The lowest BCUT2D eigenvalue weighted by Gasteiger charge is -2.15. The van der Waals surface area contributed by atoms with E-state index in [4.69, 9.17) is 16.3 Å². The van der Waals surface area contributed by atoms with Gasteiger partial charge in [-0.2, -0.15) is 0 Å². The average Bonchev–Trinajstić information content (AvgIpc) is 2.47. The molecule has 0 spiro atoms. The monoisotopic (exact) mass is 369 g/mol. The van der Waals surface area contributed by atoms with Gasteiger partial charge in [0.2, 0.25) is 0 Å². The van der Waals surface area contributed by atoms with Crippen LogP contribution in [0.25, 0.3) is 0 Å². The van der Waals surface area contributed by atoms with Gasteiger partial charge in [-0.3, -0.25) is 4.79 Å². The first-order valence-electron chi connectivity index (χ1n) is 6.13. The highest BCUT2D eigenvalue weighted by atomic mass is 79.9. The zero-order valence-corrected chi connectivity index (χ0v) is 13.8. The van der Waals surface area contributed by atoms with Gasteiger partial charge in [-0.1, -0.05) is 17.7 Å². The van der Waals surface area contributed by atoms with E-state index in [0.717, 1.165) is 15.8 Å². The predicted octanol–water partition coefficient (Wildman–Crippen LogP) is 3.39. The number of ether oxygens (including phenoxy) is 1. The van der Waals surface area contributed by atoms with Gasteiger partial charge in [-0.05, 0) is 40.5 Å². The lowest BCUT2D eigenvalue weighted by atomic mass is 10.1. The molecular formula is C14H13BrClN3O2. The summed E-state index contributed by atoms with van der Waals surface area (Å²) in [5, 5.41) is 3.10. The first-order chi connectivity index (χ1) is 10.0. The number of aromatic nitrogens is 2. The Morgan fingerprint density at radius 1 is 1.38 bits per heavy atom. The van der Waals surface area contributed by atoms with Crippen LogP contribution in [0.15, 0.2) is 35.1 Å². The SMILES string of the molecule is COc1ccc(C(C)NC(=O)c2cnc(Cl)cn2)cc1Br. The smallest absolute Gasteiger partial charge is 0.271 e. The fourth-order valence-electron chi connectivity index (χ4n) is 1.74. The van der Waals surface area contributed by atoms with E-state index in [0.29, 0.717) is 0 Å². The minimum Gasteiger partial charge on any atom is -0.496 e. The Labute approximate surface area is 135 Å². The van der Waals surface area contributed by atoms with Crippen LogP contribution in [0.3, 0.4) is 0 Å². The summed E-state index contributed by atoms with van der Waals surface area (Å²) < 4.78 is 6.00. The van der Waals surface area contributed by atoms with Crippen LogP contribution in [-0.2, 0) is 0 Å². The normalized spacial score (nSPS) is 11.8. The Morgan fingerprint density at radius 2 is 2.14 bits per heavy atom. The molecule has 0 saturated heterocycles. The summed E-state index contributed by atoms with van der Waals surface area (Å²) in [6.45, 7) is 1.88. The molecule has 110 valence electrons. The van der Waals surface area contributed by atoms with Gasteiger partial charge in [0, 0.05) is 0 Å². The molecular weight excluding hydrogens is 358 g/mol. The average molecular weight is 371 g/mol. The summed E-state index contributed by atoms with van der Waals surface area (Å²) in [6.07, 6.45) is 2.68. The van der Waals surface area contributed by atoms with Crippen LogP contribution >= 0.6 is 27.5 Å². The number of nitrogens with zero attached hydrogens (tertiary/aromatic N) is 2. The van der Waals surface area contributed by atoms with Crippen LogP contribution in [0.2, 0.25) is 5.15 Å². The molecule has 2 aromatic rings. The van der Waals surface area contributed by atoms with Gasteiger partial charge in [-0.15, -0.1) is 0 Å². The molecule has 0 radical (unpaired) electrons. The molecule has 2 rings (SSSR count). The quantitative estimate of drug-likeness (QED) is 0.896. The molecule has 0 saturated carbocycles. The molecule has 1 aromatic heterocycles. The Hall–Kier alpha value is -1.66. The highest BCUT2D eigenvalue weighted by Gasteiger charge is 2.14. The third-order valence-electron chi connectivity index (χ3n) is 2.88. The van der Waals surface area contributed by atoms with E-state index >= 15 is 0 Å². The molecule has 1 amide bonds. The predicted molar refractivity (Wildman–Crippen MR) is 83.6 cm³/mol. The van der Waals surface area contributed by atoms with E-state index in [-0.39, 0.29) is 22.8 Å². The van der Waals surface area contributed by atoms with Crippen molar-refractivity contribution in [3.05, 3.63) is 51.5 Å².